The molecule has 0 heterocycles. The standard InChI is InChI=1S/C14H22N2O/c1-11(2)10-16-14(17)5-3-4-12-6-8-13(15)9-7-12/h6-9,11H,3-5,10,15H2,1-2H3,(H,16,17). The molecule has 0 spiro atoms. The van der Waals surface area contributed by atoms with Crippen molar-refractivity contribution in [3.63, 3.8) is 0 Å². The van der Waals surface area contributed by atoms with E-state index in [4.69, 9.17) is 5.73 Å². The Morgan fingerprint density at radius 3 is 2.53 bits per heavy atom. The van der Waals surface area contributed by atoms with Crippen LogP contribution in [0, 0.1) is 5.92 Å². The van der Waals surface area contributed by atoms with Crippen LogP contribution in [0.2, 0.25) is 0 Å². The van der Waals surface area contributed by atoms with Gasteiger partial charge >= 0.3 is 0 Å². The molecule has 1 amide bonds. The molecule has 0 unspecified atom stereocenters. The van der Waals surface area contributed by atoms with Crippen LogP contribution in [0.4, 0.5) is 5.69 Å². The van der Waals surface area contributed by atoms with Gasteiger partial charge in [0, 0.05) is 18.7 Å². The van der Waals surface area contributed by atoms with Crippen LogP contribution in [-0.2, 0) is 11.2 Å². The van der Waals surface area contributed by atoms with Crippen LogP contribution < -0.4 is 11.1 Å². The first kappa shape index (κ1) is 13.6. The summed E-state index contributed by atoms with van der Waals surface area (Å²) in [6.45, 7) is 4.95. The van der Waals surface area contributed by atoms with Gasteiger partial charge in [-0.05, 0) is 36.5 Å². The maximum absolute atomic E-state index is 11.5. The van der Waals surface area contributed by atoms with Crippen LogP contribution in [0.15, 0.2) is 24.3 Å². The molecular formula is C14H22N2O. The number of carbonyl (C=O) groups excluding carboxylic acids is 1. The van der Waals surface area contributed by atoms with Crippen molar-refractivity contribution < 1.29 is 4.79 Å². The second-order valence-electron chi connectivity index (χ2n) is 4.79. The average molecular weight is 234 g/mol. The molecule has 1 aromatic carbocycles. The van der Waals surface area contributed by atoms with Gasteiger partial charge in [0.05, 0.1) is 0 Å². The zero-order valence-electron chi connectivity index (χ0n) is 10.7. The number of rotatable bonds is 6. The number of nitrogens with one attached hydrogen (secondary N) is 1. The van der Waals surface area contributed by atoms with E-state index in [1.54, 1.807) is 0 Å². The molecule has 1 aromatic rings. The summed E-state index contributed by atoms with van der Waals surface area (Å²) in [5.41, 5.74) is 7.62. The van der Waals surface area contributed by atoms with E-state index in [1.807, 2.05) is 24.3 Å². The van der Waals surface area contributed by atoms with Crippen molar-refractivity contribution in [1.82, 2.24) is 5.32 Å². The van der Waals surface area contributed by atoms with Crippen molar-refractivity contribution in [3.8, 4) is 0 Å². The highest BCUT2D eigenvalue weighted by molar-refractivity contribution is 5.75. The summed E-state index contributed by atoms with van der Waals surface area (Å²) in [5.74, 6) is 0.658. The normalized spacial score (nSPS) is 10.5. The van der Waals surface area contributed by atoms with Crippen LogP contribution in [0.25, 0.3) is 0 Å². The first-order valence-electron chi connectivity index (χ1n) is 6.19. The number of carbonyl (C=O) groups is 1. The molecule has 0 fully saturated rings. The Morgan fingerprint density at radius 1 is 1.29 bits per heavy atom. The van der Waals surface area contributed by atoms with E-state index in [9.17, 15) is 4.79 Å². The quantitative estimate of drug-likeness (QED) is 0.742. The van der Waals surface area contributed by atoms with E-state index in [2.05, 4.69) is 19.2 Å². The molecule has 0 atom stereocenters. The highest BCUT2D eigenvalue weighted by Gasteiger charge is 2.02. The molecule has 3 heteroatoms. The molecule has 0 saturated heterocycles. The minimum Gasteiger partial charge on any atom is -0.399 e. The third-order valence-corrected chi connectivity index (χ3v) is 2.56. The summed E-state index contributed by atoms with van der Waals surface area (Å²) in [7, 11) is 0. The second kappa shape index (κ2) is 6.94. The topological polar surface area (TPSA) is 55.1 Å². The van der Waals surface area contributed by atoms with E-state index in [1.165, 1.54) is 5.56 Å². The molecule has 17 heavy (non-hydrogen) atoms. The SMILES string of the molecule is CC(C)CNC(=O)CCCc1ccc(N)cc1. The monoisotopic (exact) mass is 234 g/mol. The van der Waals surface area contributed by atoms with Crippen molar-refractivity contribution in [1.29, 1.82) is 0 Å². The zero-order valence-corrected chi connectivity index (χ0v) is 10.7. The fraction of sp³-hybridized carbons (Fsp3) is 0.500. The highest BCUT2D eigenvalue weighted by Crippen LogP contribution is 2.08. The number of hydrogen-bond acceptors (Lipinski definition) is 2. The maximum Gasteiger partial charge on any atom is 0.220 e. The minimum absolute atomic E-state index is 0.147. The molecular weight excluding hydrogens is 212 g/mol. The van der Waals surface area contributed by atoms with Crippen molar-refractivity contribution in [2.24, 2.45) is 5.92 Å². The van der Waals surface area contributed by atoms with Crippen molar-refractivity contribution in [3.05, 3.63) is 29.8 Å². The lowest BCUT2D eigenvalue weighted by Gasteiger charge is -2.07. The lowest BCUT2D eigenvalue weighted by atomic mass is 10.1. The Hall–Kier alpha value is -1.51. The number of benzene rings is 1. The van der Waals surface area contributed by atoms with Crippen molar-refractivity contribution >= 4 is 11.6 Å². The number of nitrogen functional groups attached to an aromatic ring is 1. The summed E-state index contributed by atoms with van der Waals surface area (Å²) >= 11 is 0. The van der Waals surface area contributed by atoms with Crippen LogP contribution in [0.1, 0.15) is 32.3 Å². The summed E-state index contributed by atoms with van der Waals surface area (Å²) < 4.78 is 0. The van der Waals surface area contributed by atoms with Crippen molar-refractivity contribution in [2.45, 2.75) is 33.1 Å². The third-order valence-electron chi connectivity index (χ3n) is 2.56. The smallest absolute Gasteiger partial charge is 0.220 e. The van der Waals surface area contributed by atoms with Gasteiger partial charge in [0.2, 0.25) is 5.91 Å². The fourth-order valence-electron chi connectivity index (χ4n) is 1.54. The highest BCUT2D eigenvalue weighted by atomic mass is 16.1. The second-order valence-corrected chi connectivity index (χ2v) is 4.79. The van der Waals surface area contributed by atoms with Crippen molar-refractivity contribution in [2.75, 3.05) is 12.3 Å². The Morgan fingerprint density at radius 2 is 1.94 bits per heavy atom. The summed E-state index contributed by atoms with van der Waals surface area (Å²) in [5, 5.41) is 2.92. The number of hydrogen-bond donors (Lipinski definition) is 2. The van der Waals surface area contributed by atoms with Crippen LogP contribution in [0.5, 0.6) is 0 Å². The summed E-state index contributed by atoms with van der Waals surface area (Å²) in [6, 6.07) is 7.82. The van der Waals surface area contributed by atoms with E-state index in [0.717, 1.165) is 25.1 Å². The molecule has 3 nitrogen and oxygen atoms in total. The Balaban J connectivity index is 2.19. The van der Waals surface area contributed by atoms with E-state index in [0.29, 0.717) is 12.3 Å². The van der Waals surface area contributed by atoms with Gasteiger partial charge in [-0.2, -0.15) is 0 Å². The van der Waals surface area contributed by atoms with Gasteiger partial charge in [-0.25, -0.2) is 0 Å². The maximum atomic E-state index is 11.5. The predicted octanol–water partition coefficient (Wildman–Crippen LogP) is 2.36. The van der Waals surface area contributed by atoms with Crippen LogP contribution in [0.3, 0.4) is 0 Å². The van der Waals surface area contributed by atoms with E-state index >= 15 is 0 Å². The molecule has 0 aromatic heterocycles. The molecule has 3 N–H and O–H groups in total. The summed E-state index contributed by atoms with van der Waals surface area (Å²) in [6.07, 6.45) is 2.40. The lowest BCUT2D eigenvalue weighted by Crippen LogP contribution is -2.27. The predicted molar refractivity (Wildman–Crippen MR) is 71.6 cm³/mol. The molecule has 0 aliphatic rings. The van der Waals surface area contributed by atoms with Gasteiger partial charge in [0.1, 0.15) is 0 Å². The molecule has 0 bridgehead atoms. The van der Waals surface area contributed by atoms with Gasteiger partial charge in [-0.3, -0.25) is 4.79 Å². The van der Waals surface area contributed by atoms with E-state index < -0.39 is 0 Å². The Kier molecular flexibility index (Phi) is 5.53. The lowest BCUT2D eigenvalue weighted by molar-refractivity contribution is -0.121. The zero-order chi connectivity index (χ0) is 12.7. The van der Waals surface area contributed by atoms with Gasteiger partial charge in [-0.15, -0.1) is 0 Å². The number of nitrogens with two attached hydrogens (primary N) is 1. The Labute approximate surface area is 103 Å². The number of aryl methyl sites for hydroxylation is 1. The first-order valence-corrected chi connectivity index (χ1v) is 6.19. The minimum atomic E-state index is 0.147. The van der Waals surface area contributed by atoms with E-state index in [-0.39, 0.29) is 5.91 Å². The van der Waals surface area contributed by atoms with Gasteiger partial charge in [0.15, 0.2) is 0 Å². The molecule has 0 radical (unpaired) electrons. The number of anilines is 1. The average Bonchev–Trinajstić information content (AvgIpc) is 2.29. The van der Waals surface area contributed by atoms with Gasteiger partial charge in [-0.1, -0.05) is 26.0 Å². The Bertz CT molecular complexity index is 344. The first-order chi connectivity index (χ1) is 8.08. The molecule has 0 saturated carbocycles. The molecule has 0 aliphatic carbocycles. The largest absolute Gasteiger partial charge is 0.399 e. The van der Waals surface area contributed by atoms with Crippen LogP contribution >= 0.6 is 0 Å². The summed E-state index contributed by atoms with van der Waals surface area (Å²) in [4.78, 5) is 11.5. The number of amides is 1. The molecule has 1 rings (SSSR count). The van der Waals surface area contributed by atoms with Gasteiger partial charge in [0.25, 0.3) is 0 Å². The molecule has 0 aliphatic heterocycles. The van der Waals surface area contributed by atoms with Gasteiger partial charge < -0.3 is 11.1 Å². The third kappa shape index (κ3) is 5.95. The van der Waals surface area contributed by atoms with Crippen LogP contribution in [-0.4, -0.2) is 12.5 Å². The molecule has 94 valence electrons. The fourth-order valence-corrected chi connectivity index (χ4v) is 1.54.